The van der Waals surface area contributed by atoms with Crippen LogP contribution < -0.4 is 15.2 Å². The van der Waals surface area contributed by atoms with Gasteiger partial charge in [-0.25, -0.2) is 9.37 Å². The molecule has 0 saturated carbocycles. The number of aromatic nitrogens is 2. The number of nitrogens with zero attached hydrogens (tertiary/aromatic N) is 1. The Morgan fingerprint density at radius 2 is 2.26 bits per heavy atom. The summed E-state index contributed by atoms with van der Waals surface area (Å²) in [6, 6.07) is 8.80. The molecule has 3 aromatic rings. The Bertz CT molecular complexity index is 1060. The molecule has 6 nitrogen and oxygen atoms in total. The standard InChI is InChI=1S/C20H19FN4O2/c1-26-15-2-3-18-12(5-15)4-13(10-27-18)20-24-17-7-11(14(8-22)9-23)6-16(21)19(17)25-20/h2-3,5-9,13,22H,4,10,23H2,1H3,(H,24,25)/b14-9+,22-8?. The molecule has 0 spiro atoms. The molecule has 0 aliphatic carbocycles. The number of ether oxygens (including phenoxy) is 2. The Labute approximate surface area is 155 Å². The van der Waals surface area contributed by atoms with Crippen molar-refractivity contribution in [3.8, 4) is 11.5 Å². The van der Waals surface area contributed by atoms with Crippen molar-refractivity contribution < 1.29 is 13.9 Å². The summed E-state index contributed by atoms with van der Waals surface area (Å²) in [6.07, 6.45) is 3.09. The molecule has 2 aromatic carbocycles. The summed E-state index contributed by atoms with van der Waals surface area (Å²) in [4.78, 5) is 7.66. The van der Waals surface area contributed by atoms with Crippen molar-refractivity contribution in [2.45, 2.75) is 12.3 Å². The average Bonchev–Trinajstić information content (AvgIpc) is 3.13. The van der Waals surface area contributed by atoms with Crippen LogP contribution in [0, 0.1) is 11.2 Å². The fraction of sp³-hybridized carbons (Fsp3) is 0.200. The molecule has 7 heteroatoms. The van der Waals surface area contributed by atoms with Crippen LogP contribution in [0.15, 0.2) is 36.5 Å². The van der Waals surface area contributed by atoms with Gasteiger partial charge in [-0.05, 0) is 47.9 Å². The van der Waals surface area contributed by atoms with E-state index in [2.05, 4.69) is 9.97 Å². The molecule has 0 saturated heterocycles. The van der Waals surface area contributed by atoms with Crippen LogP contribution in [0.4, 0.5) is 4.39 Å². The first-order chi connectivity index (χ1) is 13.1. The molecule has 4 N–H and O–H groups in total. The quantitative estimate of drug-likeness (QED) is 0.617. The van der Waals surface area contributed by atoms with E-state index in [0.717, 1.165) is 29.7 Å². The number of benzene rings is 2. The van der Waals surface area contributed by atoms with E-state index in [1.165, 1.54) is 12.3 Å². The molecule has 0 bridgehead atoms. The van der Waals surface area contributed by atoms with Crippen molar-refractivity contribution >= 4 is 22.8 Å². The minimum Gasteiger partial charge on any atom is -0.497 e. The Hall–Kier alpha value is -3.35. The lowest BCUT2D eigenvalue weighted by molar-refractivity contribution is 0.257. The van der Waals surface area contributed by atoms with Crippen molar-refractivity contribution in [2.75, 3.05) is 13.7 Å². The van der Waals surface area contributed by atoms with Crippen LogP contribution in [-0.2, 0) is 6.42 Å². The number of nitrogens with one attached hydrogen (secondary N) is 2. The number of hydrogen-bond acceptors (Lipinski definition) is 5. The monoisotopic (exact) mass is 366 g/mol. The smallest absolute Gasteiger partial charge is 0.151 e. The number of fused-ring (bicyclic) bond motifs is 2. The Balaban J connectivity index is 1.70. The van der Waals surface area contributed by atoms with Crippen molar-refractivity contribution in [1.82, 2.24) is 9.97 Å². The van der Waals surface area contributed by atoms with E-state index < -0.39 is 5.82 Å². The minimum atomic E-state index is -0.454. The average molecular weight is 366 g/mol. The molecule has 4 rings (SSSR count). The van der Waals surface area contributed by atoms with Crippen LogP contribution in [0.1, 0.15) is 22.9 Å². The minimum absolute atomic E-state index is 0.0212. The van der Waals surface area contributed by atoms with Gasteiger partial charge in [-0.3, -0.25) is 0 Å². The number of methoxy groups -OCH3 is 1. The van der Waals surface area contributed by atoms with E-state index >= 15 is 0 Å². The molecule has 0 amide bonds. The second-order valence-corrected chi connectivity index (χ2v) is 6.43. The van der Waals surface area contributed by atoms with E-state index in [9.17, 15) is 4.39 Å². The third-order valence-electron chi connectivity index (χ3n) is 4.79. The van der Waals surface area contributed by atoms with Gasteiger partial charge in [-0.2, -0.15) is 0 Å². The SMILES string of the molecule is COc1ccc2c(c1)CC(c1nc3c(F)cc(/C(C=N)=C/N)cc3[nH]1)CO2. The summed E-state index contributed by atoms with van der Waals surface area (Å²) < 4.78 is 25.7. The largest absolute Gasteiger partial charge is 0.497 e. The van der Waals surface area contributed by atoms with Crippen LogP contribution in [0.25, 0.3) is 16.6 Å². The molecule has 1 aromatic heterocycles. The van der Waals surface area contributed by atoms with Crippen LogP contribution in [-0.4, -0.2) is 29.9 Å². The zero-order chi connectivity index (χ0) is 19.0. The highest BCUT2D eigenvalue weighted by molar-refractivity contribution is 6.09. The van der Waals surface area contributed by atoms with E-state index in [0.29, 0.717) is 29.1 Å². The molecule has 0 fully saturated rings. The van der Waals surface area contributed by atoms with Gasteiger partial charge in [0.25, 0.3) is 0 Å². The highest BCUT2D eigenvalue weighted by Gasteiger charge is 2.25. The van der Waals surface area contributed by atoms with Gasteiger partial charge in [0.05, 0.1) is 25.2 Å². The normalized spacial score (nSPS) is 16.7. The lowest BCUT2D eigenvalue weighted by Crippen LogP contribution is -2.20. The van der Waals surface area contributed by atoms with Crippen LogP contribution in [0.3, 0.4) is 0 Å². The number of halogens is 1. The molecule has 0 radical (unpaired) electrons. The summed E-state index contributed by atoms with van der Waals surface area (Å²) in [7, 11) is 1.63. The van der Waals surface area contributed by atoms with Gasteiger partial charge in [0.15, 0.2) is 5.82 Å². The lowest BCUT2D eigenvalue weighted by Gasteiger charge is -2.24. The number of hydrogen-bond donors (Lipinski definition) is 3. The van der Waals surface area contributed by atoms with E-state index in [1.807, 2.05) is 18.2 Å². The van der Waals surface area contributed by atoms with Gasteiger partial charge in [0.2, 0.25) is 0 Å². The van der Waals surface area contributed by atoms with E-state index in [4.69, 9.17) is 20.6 Å². The van der Waals surface area contributed by atoms with Gasteiger partial charge < -0.3 is 25.6 Å². The third kappa shape index (κ3) is 3.01. The first-order valence-corrected chi connectivity index (χ1v) is 8.54. The number of nitrogens with two attached hydrogens (primary N) is 1. The maximum atomic E-state index is 14.5. The Morgan fingerprint density at radius 1 is 1.41 bits per heavy atom. The second kappa shape index (κ2) is 6.75. The molecule has 27 heavy (non-hydrogen) atoms. The fourth-order valence-corrected chi connectivity index (χ4v) is 3.36. The van der Waals surface area contributed by atoms with Crippen LogP contribution in [0.2, 0.25) is 0 Å². The number of H-pyrrole nitrogens is 1. The molecular formula is C20H19FN4O2. The van der Waals surface area contributed by atoms with Crippen molar-refractivity contribution in [2.24, 2.45) is 5.73 Å². The lowest BCUT2D eigenvalue weighted by atomic mass is 9.96. The summed E-state index contributed by atoms with van der Waals surface area (Å²) in [5.74, 6) is 1.80. The van der Waals surface area contributed by atoms with Gasteiger partial charge in [-0.1, -0.05) is 0 Å². The first-order valence-electron chi connectivity index (χ1n) is 8.54. The number of allylic oxidation sites excluding steroid dienone is 1. The van der Waals surface area contributed by atoms with Crippen molar-refractivity contribution in [3.05, 3.63) is 59.3 Å². The van der Waals surface area contributed by atoms with Gasteiger partial charge in [0, 0.05) is 18.0 Å². The molecule has 138 valence electrons. The van der Waals surface area contributed by atoms with E-state index in [1.54, 1.807) is 13.2 Å². The predicted molar refractivity (Wildman–Crippen MR) is 102 cm³/mol. The van der Waals surface area contributed by atoms with Gasteiger partial charge in [0.1, 0.15) is 22.8 Å². The molecule has 1 aliphatic heterocycles. The fourth-order valence-electron chi connectivity index (χ4n) is 3.36. The molecule has 1 aliphatic rings. The highest BCUT2D eigenvalue weighted by Crippen LogP contribution is 2.34. The highest BCUT2D eigenvalue weighted by atomic mass is 19.1. The summed E-state index contributed by atoms with van der Waals surface area (Å²) in [6.45, 7) is 0.460. The summed E-state index contributed by atoms with van der Waals surface area (Å²) in [5.41, 5.74) is 8.35. The number of rotatable bonds is 4. The topological polar surface area (TPSA) is 97.0 Å². The molecule has 2 heterocycles. The second-order valence-electron chi connectivity index (χ2n) is 6.43. The van der Waals surface area contributed by atoms with Crippen LogP contribution in [0.5, 0.6) is 11.5 Å². The maximum Gasteiger partial charge on any atom is 0.151 e. The molecule has 1 atom stereocenters. The summed E-state index contributed by atoms with van der Waals surface area (Å²) in [5, 5.41) is 7.40. The van der Waals surface area contributed by atoms with Gasteiger partial charge in [-0.15, -0.1) is 0 Å². The maximum absolute atomic E-state index is 14.5. The first kappa shape index (κ1) is 17.1. The number of aromatic amines is 1. The van der Waals surface area contributed by atoms with Gasteiger partial charge >= 0.3 is 0 Å². The molecular weight excluding hydrogens is 347 g/mol. The zero-order valence-electron chi connectivity index (χ0n) is 14.8. The Kier molecular flexibility index (Phi) is 4.27. The van der Waals surface area contributed by atoms with Crippen molar-refractivity contribution in [1.29, 1.82) is 5.41 Å². The summed E-state index contributed by atoms with van der Waals surface area (Å²) >= 11 is 0. The van der Waals surface area contributed by atoms with E-state index in [-0.39, 0.29) is 11.4 Å². The van der Waals surface area contributed by atoms with Crippen LogP contribution >= 0.6 is 0 Å². The predicted octanol–water partition coefficient (Wildman–Crippen LogP) is 3.38. The number of imidazole rings is 1. The zero-order valence-corrected chi connectivity index (χ0v) is 14.8. The molecule has 1 unspecified atom stereocenters. The Morgan fingerprint density at radius 3 is 3.00 bits per heavy atom. The van der Waals surface area contributed by atoms with Crippen molar-refractivity contribution in [3.63, 3.8) is 0 Å². The third-order valence-corrected chi connectivity index (χ3v) is 4.79.